The Bertz CT molecular complexity index is 786. The molecule has 3 atom stereocenters. The highest BCUT2D eigenvalue weighted by atomic mass is 16.2. The third-order valence-electron chi connectivity index (χ3n) is 5.62. The fourth-order valence-electron chi connectivity index (χ4n) is 4.47. The third-order valence-corrected chi connectivity index (χ3v) is 5.62. The molecule has 1 unspecified atom stereocenters. The van der Waals surface area contributed by atoms with Gasteiger partial charge in [0.15, 0.2) is 0 Å². The van der Waals surface area contributed by atoms with Crippen LogP contribution in [0.3, 0.4) is 0 Å². The van der Waals surface area contributed by atoms with Crippen LogP contribution >= 0.6 is 0 Å². The molecule has 8 nitrogen and oxygen atoms in total. The van der Waals surface area contributed by atoms with E-state index < -0.39 is 6.04 Å². The zero-order chi connectivity index (χ0) is 19.1. The smallest absolute Gasteiger partial charge is 0.255 e. The van der Waals surface area contributed by atoms with Gasteiger partial charge in [0.25, 0.3) is 5.91 Å². The molecule has 0 aromatic heterocycles. The number of nitrogens with zero attached hydrogens (tertiary/aromatic N) is 2. The molecular weight excluding hydrogens is 346 g/mol. The molecule has 1 aromatic carbocycles. The zero-order valence-corrected chi connectivity index (χ0v) is 15.2. The Labute approximate surface area is 157 Å². The molecule has 0 saturated carbocycles. The first-order valence-corrected chi connectivity index (χ1v) is 9.41. The Morgan fingerprint density at radius 2 is 1.85 bits per heavy atom. The van der Waals surface area contributed by atoms with Crippen molar-refractivity contribution >= 4 is 17.7 Å². The number of benzene rings is 1. The number of piperidine rings is 2. The summed E-state index contributed by atoms with van der Waals surface area (Å²) in [5, 5.41) is 2.34. The van der Waals surface area contributed by atoms with Crippen molar-refractivity contribution in [3.8, 4) is 0 Å². The molecule has 0 aliphatic carbocycles. The highest BCUT2D eigenvalue weighted by molar-refractivity contribution is 6.05. The molecule has 3 aliphatic rings. The van der Waals surface area contributed by atoms with Crippen LogP contribution in [0.5, 0.6) is 0 Å². The van der Waals surface area contributed by atoms with Gasteiger partial charge in [-0.15, -0.1) is 0 Å². The van der Waals surface area contributed by atoms with Crippen LogP contribution in [-0.2, 0) is 22.7 Å². The van der Waals surface area contributed by atoms with Gasteiger partial charge >= 0.3 is 0 Å². The maximum absolute atomic E-state index is 13.1. The molecule has 0 radical (unpaired) electrons. The molecule has 0 spiro atoms. The van der Waals surface area contributed by atoms with Gasteiger partial charge in [-0.25, -0.2) is 0 Å². The second-order valence-electron chi connectivity index (χ2n) is 7.80. The lowest BCUT2D eigenvalue weighted by atomic mass is 9.99. The lowest BCUT2D eigenvalue weighted by Crippen LogP contribution is -2.52. The molecule has 3 aliphatic heterocycles. The van der Waals surface area contributed by atoms with E-state index in [0.717, 1.165) is 30.6 Å². The van der Waals surface area contributed by atoms with Crippen molar-refractivity contribution in [1.29, 1.82) is 0 Å². The summed E-state index contributed by atoms with van der Waals surface area (Å²) in [4.78, 5) is 40.5. The third kappa shape index (κ3) is 3.47. The lowest BCUT2D eigenvalue weighted by molar-refractivity contribution is -0.136. The molecule has 2 saturated heterocycles. The van der Waals surface area contributed by atoms with Crippen molar-refractivity contribution in [2.45, 2.75) is 50.5 Å². The number of carbonyl (C=O) groups is 3. The Morgan fingerprint density at radius 3 is 2.56 bits per heavy atom. The molecule has 2 fully saturated rings. The fourth-order valence-corrected chi connectivity index (χ4v) is 4.47. The van der Waals surface area contributed by atoms with Gasteiger partial charge in [-0.1, -0.05) is 18.2 Å². The Morgan fingerprint density at radius 1 is 1.11 bits per heavy atom. The summed E-state index contributed by atoms with van der Waals surface area (Å²) in [6.07, 6.45) is 1.44. The van der Waals surface area contributed by atoms with E-state index in [1.807, 2.05) is 18.2 Å². The Balaban J connectivity index is 1.55. The number of hydrogen-bond acceptors (Lipinski definition) is 6. The Hall–Kier alpha value is -2.29. The monoisotopic (exact) mass is 371 g/mol. The summed E-state index contributed by atoms with van der Waals surface area (Å²) in [5.74, 6) is -0.804. The van der Waals surface area contributed by atoms with E-state index in [-0.39, 0.29) is 36.2 Å². The van der Waals surface area contributed by atoms with Gasteiger partial charge in [0, 0.05) is 50.2 Å². The summed E-state index contributed by atoms with van der Waals surface area (Å²) in [6, 6.07) is 5.32. The van der Waals surface area contributed by atoms with Gasteiger partial charge in [-0.05, 0) is 24.0 Å². The Kier molecular flexibility index (Phi) is 4.71. The van der Waals surface area contributed by atoms with Crippen LogP contribution in [0.2, 0.25) is 0 Å². The SMILES string of the molecule is N[C@@H]1C[C@H](N)CN(Cc2cccc3c2C(=O)N(C2CCC(=O)NC2=O)C3)C1. The van der Waals surface area contributed by atoms with E-state index in [9.17, 15) is 14.4 Å². The number of rotatable bonds is 3. The van der Waals surface area contributed by atoms with Crippen molar-refractivity contribution in [2.24, 2.45) is 11.5 Å². The van der Waals surface area contributed by atoms with Crippen LogP contribution in [0.25, 0.3) is 0 Å². The minimum absolute atomic E-state index is 0.0428. The van der Waals surface area contributed by atoms with E-state index in [1.165, 1.54) is 0 Å². The highest BCUT2D eigenvalue weighted by Gasteiger charge is 2.40. The van der Waals surface area contributed by atoms with Crippen LogP contribution in [0.4, 0.5) is 0 Å². The number of imide groups is 1. The van der Waals surface area contributed by atoms with Crippen LogP contribution < -0.4 is 16.8 Å². The van der Waals surface area contributed by atoms with E-state index >= 15 is 0 Å². The van der Waals surface area contributed by atoms with Crippen LogP contribution in [0.15, 0.2) is 18.2 Å². The second-order valence-corrected chi connectivity index (χ2v) is 7.80. The standard InChI is InChI=1S/C19H25N5O3/c20-13-6-14(21)10-23(9-13)7-11-2-1-3-12-8-24(19(27)17(11)12)15-4-5-16(25)22-18(15)26/h1-3,13-15H,4-10,20-21H2,(H,22,25,26)/t13-,14+,15?. The van der Waals surface area contributed by atoms with Crippen LogP contribution in [-0.4, -0.2) is 58.7 Å². The number of carbonyl (C=O) groups excluding carboxylic acids is 3. The first-order chi connectivity index (χ1) is 12.9. The van der Waals surface area contributed by atoms with Gasteiger partial charge < -0.3 is 16.4 Å². The summed E-state index contributed by atoms with van der Waals surface area (Å²) in [6.45, 7) is 2.51. The van der Waals surface area contributed by atoms with E-state index in [2.05, 4.69) is 10.2 Å². The van der Waals surface area contributed by atoms with Gasteiger partial charge in [-0.2, -0.15) is 0 Å². The van der Waals surface area contributed by atoms with Crippen molar-refractivity contribution < 1.29 is 14.4 Å². The molecule has 0 bridgehead atoms. The molecular formula is C19H25N5O3. The summed E-state index contributed by atoms with van der Waals surface area (Å²) in [7, 11) is 0. The van der Waals surface area contributed by atoms with E-state index in [0.29, 0.717) is 25.1 Å². The average Bonchev–Trinajstić information content (AvgIpc) is 2.92. The molecule has 4 rings (SSSR count). The number of fused-ring (bicyclic) bond motifs is 1. The van der Waals surface area contributed by atoms with Gasteiger partial charge in [-0.3, -0.25) is 24.6 Å². The quantitative estimate of drug-likeness (QED) is 0.605. The second kappa shape index (κ2) is 7.03. The van der Waals surface area contributed by atoms with Crippen LogP contribution in [0.1, 0.15) is 40.7 Å². The maximum Gasteiger partial charge on any atom is 0.255 e. The molecule has 144 valence electrons. The fraction of sp³-hybridized carbons (Fsp3) is 0.526. The molecule has 5 N–H and O–H groups in total. The normalized spacial score (nSPS) is 29.0. The minimum Gasteiger partial charge on any atom is -0.326 e. The van der Waals surface area contributed by atoms with Crippen molar-refractivity contribution in [3.05, 3.63) is 34.9 Å². The summed E-state index contributed by atoms with van der Waals surface area (Å²) >= 11 is 0. The van der Waals surface area contributed by atoms with Crippen molar-refractivity contribution in [1.82, 2.24) is 15.1 Å². The molecule has 3 amide bonds. The van der Waals surface area contributed by atoms with Gasteiger partial charge in [0.05, 0.1) is 0 Å². The number of amides is 3. The minimum atomic E-state index is -0.590. The van der Waals surface area contributed by atoms with E-state index in [4.69, 9.17) is 11.5 Å². The van der Waals surface area contributed by atoms with Crippen molar-refractivity contribution in [2.75, 3.05) is 13.1 Å². The topological polar surface area (TPSA) is 122 Å². The summed E-state index contributed by atoms with van der Waals surface area (Å²) < 4.78 is 0. The largest absolute Gasteiger partial charge is 0.326 e. The first kappa shape index (κ1) is 18.1. The van der Waals surface area contributed by atoms with Gasteiger partial charge in [0.1, 0.15) is 6.04 Å². The molecule has 1 aromatic rings. The first-order valence-electron chi connectivity index (χ1n) is 9.41. The number of likely N-dealkylation sites (tertiary alicyclic amines) is 1. The molecule has 3 heterocycles. The highest BCUT2D eigenvalue weighted by Crippen LogP contribution is 2.30. The predicted molar refractivity (Wildman–Crippen MR) is 98.3 cm³/mol. The zero-order valence-electron chi connectivity index (χ0n) is 15.2. The number of nitrogens with two attached hydrogens (primary N) is 2. The van der Waals surface area contributed by atoms with Crippen LogP contribution in [0, 0.1) is 0 Å². The number of hydrogen-bond donors (Lipinski definition) is 3. The summed E-state index contributed by atoms with van der Waals surface area (Å²) in [5.41, 5.74) is 14.7. The maximum atomic E-state index is 13.1. The molecule has 8 heteroatoms. The predicted octanol–water partition coefficient (Wildman–Crippen LogP) is -0.692. The van der Waals surface area contributed by atoms with Gasteiger partial charge in [0.2, 0.25) is 11.8 Å². The number of nitrogens with one attached hydrogen (secondary N) is 1. The average molecular weight is 371 g/mol. The van der Waals surface area contributed by atoms with Crippen molar-refractivity contribution in [3.63, 3.8) is 0 Å². The van der Waals surface area contributed by atoms with E-state index in [1.54, 1.807) is 4.90 Å². The lowest BCUT2D eigenvalue weighted by Gasteiger charge is -2.34. The molecule has 27 heavy (non-hydrogen) atoms.